The van der Waals surface area contributed by atoms with Crippen LogP contribution < -0.4 is 4.74 Å². The fourth-order valence-electron chi connectivity index (χ4n) is 4.47. The highest BCUT2D eigenvalue weighted by atomic mass is 16.6. The Labute approximate surface area is 218 Å². The first-order valence-corrected chi connectivity index (χ1v) is 11.8. The second-order valence-corrected chi connectivity index (χ2v) is 8.75. The van der Waals surface area contributed by atoms with Crippen LogP contribution in [0, 0.1) is 21.4 Å². The van der Waals surface area contributed by atoms with E-state index in [1.807, 2.05) is 30.3 Å². The zero-order valence-corrected chi connectivity index (χ0v) is 20.7. The predicted octanol–water partition coefficient (Wildman–Crippen LogP) is 3.11. The standard InChI is InChI=1S/C27H25N3O8/c1-16-23(26(31)32)24(18-4-3-5-19(13-18)30(34)35)25(27(33)36-2)22(14-28)29(16)10-11-37-20-8-6-17(7-9-20)12-21-15-38-21/h3-9,13,16,21H,10-12,15H2,1-2H3,(H,31,32). The number of nitro groups is 1. The maximum absolute atomic E-state index is 12.9. The number of allylic oxidation sites excluding steroid dienone is 1. The molecule has 2 aliphatic heterocycles. The highest BCUT2D eigenvalue weighted by Crippen LogP contribution is 2.39. The summed E-state index contributed by atoms with van der Waals surface area (Å²) in [5, 5.41) is 31.6. The van der Waals surface area contributed by atoms with Crippen LogP contribution in [-0.4, -0.2) is 65.9 Å². The van der Waals surface area contributed by atoms with E-state index in [-0.39, 0.29) is 52.9 Å². The molecule has 38 heavy (non-hydrogen) atoms. The molecule has 2 atom stereocenters. The van der Waals surface area contributed by atoms with Crippen LogP contribution >= 0.6 is 0 Å². The number of hydrogen-bond acceptors (Lipinski definition) is 9. The van der Waals surface area contributed by atoms with Crippen LogP contribution in [0.5, 0.6) is 5.75 Å². The Morgan fingerprint density at radius 3 is 2.55 bits per heavy atom. The van der Waals surface area contributed by atoms with Gasteiger partial charge >= 0.3 is 11.9 Å². The molecular formula is C27H25N3O8. The minimum atomic E-state index is -1.33. The first kappa shape index (κ1) is 26.4. The molecule has 1 saturated heterocycles. The highest BCUT2D eigenvalue weighted by Gasteiger charge is 2.40. The Kier molecular flexibility index (Phi) is 7.74. The van der Waals surface area contributed by atoms with Gasteiger partial charge in [-0.05, 0) is 30.2 Å². The maximum atomic E-state index is 12.9. The summed E-state index contributed by atoms with van der Waals surface area (Å²) in [6, 6.07) is 13.9. The number of hydrogen-bond donors (Lipinski definition) is 1. The van der Waals surface area contributed by atoms with Crippen LogP contribution in [0.3, 0.4) is 0 Å². The molecule has 2 aliphatic rings. The topological polar surface area (TPSA) is 156 Å². The molecule has 2 aromatic rings. The molecule has 2 aromatic carbocycles. The van der Waals surface area contributed by atoms with Crippen LogP contribution in [0.4, 0.5) is 5.69 Å². The number of nitrogens with zero attached hydrogens (tertiary/aromatic N) is 3. The average molecular weight is 520 g/mol. The lowest BCUT2D eigenvalue weighted by atomic mass is 9.84. The van der Waals surface area contributed by atoms with Crippen LogP contribution in [0.2, 0.25) is 0 Å². The number of epoxide rings is 1. The minimum Gasteiger partial charge on any atom is -0.492 e. The van der Waals surface area contributed by atoms with Crippen molar-refractivity contribution in [2.45, 2.75) is 25.5 Å². The molecule has 0 radical (unpaired) electrons. The first-order valence-electron chi connectivity index (χ1n) is 11.8. The summed E-state index contributed by atoms with van der Waals surface area (Å²) in [6.07, 6.45) is 1.10. The number of benzene rings is 2. The SMILES string of the molecule is COC(=O)C1=C(C#N)N(CCOc2ccc(CC3CO3)cc2)C(C)C(C(=O)O)=C1c1cccc([N+](=O)[O-])c1. The Hall–Kier alpha value is -4.69. The number of nitro benzene ring substituents is 1. The maximum Gasteiger partial charge on any atom is 0.341 e. The summed E-state index contributed by atoms with van der Waals surface area (Å²) < 4.78 is 16.0. The number of carboxylic acid groups (broad SMARTS) is 1. The van der Waals surface area contributed by atoms with Gasteiger partial charge in [0, 0.05) is 24.1 Å². The van der Waals surface area contributed by atoms with Gasteiger partial charge in [0.1, 0.15) is 29.7 Å². The lowest BCUT2D eigenvalue weighted by Crippen LogP contribution is -2.43. The molecule has 2 unspecified atom stereocenters. The summed E-state index contributed by atoms with van der Waals surface area (Å²) in [6.45, 7) is 2.53. The quantitative estimate of drug-likeness (QED) is 0.214. The van der Waals surface area contributed by atoms with Crippen molar-refractivity contribution in [3.63, 3.8) is 0 Å². The Morgan fingerprint density at radius 2 is 1.97 bits per heavy atom. The van der Waals surface area contributed by atoms with Crippen molar-refractivity contribution < 1.29 is 33.8 Å². The van der Waals surface area contributed by atoms with E-state index >= 15 is 0 Å². The third kappa shape index (κ3) is 5.50. The fourth-order valence-corrected chi connectivity index (χ4v) is 4.47. The Morgan fingerprint density at radius 1 is 1.26 bits per heavy atom. The van der Waals surface area contributed by atoms with Crippen LogP contribution in [-0.2, 0) is 25.5 Å². The van der Waals surface area contributed by atoms with E-state index in [0.29, 0.717) is 5.75 Å². The number of carbonyl (C=O) groups excluding carboxylic acids is 1. The number of carbonyl (C=O) groups is 2. The molecule has 0 aliphatic carbocycles. The number of ether oxygens (including phenoxy) is 3. The van der Waals surface area contributed by atoms with Crippen LogP contribution in [0.15, 0.2) is 65.4 Å². The number of rotatable bonds is 10. The fraction of sp³-hybridized carbons (Fsp3) is 0.296. The van der Waals surface area contributed by atoms with Gasteiger partial charge < -0.3 is 24.2 Å². The second-order valence-electron chi connectivity index (χ2n) is 8.75. The molecule has 2 heterocycles. The summed E-state index contributed by atoms with van der Waals surface area (Å²) in [7, 11) is 1.11. The number of non-ortho nitro benzene ring substituents is 1. The molecule has 11 nitrogen and oxygen atoms in total. The third-order valence-electron chi connectivity index (χ3n) is 6.39. The number of carboxylic acids is 1. The van der Waals surface area contributed by atoms with E-state index in [1.54, 1.807) is 6.92 Å². The van der Waals surface area contributed by atoms with Gasteiger partial charge in [0.2, 0.25) is 0 Å². The zero-order chi connectivity index (χ0) is 27.4. The van der Waals surface area contributed by atoms with Gasteiger partial charge in [-0.3, -0.25) is 10.1 Å². The van der Waals surface area contributed by atoms with Gasteiger partial charge in [0.05, 0.1) is 42.9 Å². The van der Waals surface area contributed by atoms with Gasteiger partial charge in [-0.15, -0.1) is 0 Å². The largest absolute Gasteiger partial charge is 0.492 e. The molecule has 4 rings (SSSR count). The summed E-state index contributed by atoms with van der Waals surface area (Å²) in [4.78, 5) is 37.6. The summed E-state index contributed by atoms with van der Waals surface area (Å²) >= 11 is 0. The van der Waals surface area contributed by atoms with E-state index in [9.17, 15) is 30.1 Å². The normalized spacial score (nSPS) is 18.6. The summed E-state index contributed by atoms with van der Waals surface area (Å²) in [5.74, 6) is -1.68. The van der Waals surface area contributed by atoms with Crippen LogP contribution in [0.1, 0.15) is 18.1 Å². The number of esters is 1. The zero-order valence-electron chi connectivity index (χ0n) is 20.7. The van der Waals surface area contributed by atoms with E-state index in [4.69, 9.17) is 14.2 Å². The van der Waals surface area contributed by atoms with Gasteiger partial charge in [-0.2, -0.15) is 5.26 Å². The smallest absolute Gasteiger partial charge is 0.341 e. The highest BCUT2D eigenvalue weighted by molar-refractivity contribution is 6.14. The number of methoxy groups -OCH3 is 1. The molecule has 0 bridgehead atoms. The summed E-state index contributed by atoms with van der Waals surface area (Å²) in [5.41, 5.74) is 0.260. The van der Waals surface area contributed by atoms with Crippen molar-refractivity contribution in [3.05, 3.63) is 86.6 Å². The molecule has 0 spiro atoms. The predicted molar refractivity (Wildman–Crippen MR) is 134 cm³/mol. The number of aliphatic carboxylic acids is 1. The molecule has 1 fully saturated rings. The van der Waals surface area contributed by atoms with Crippen molar-refractivity contribution in [1.82, 2.24) is 4.90 Å². The van der Waals surface area contributed by atoms with Crippen molar-refractivity contribution in [1.29, 1.82) is 5.26 Å². The first-order chi connectivity index (χ1) is 18.2. The van der Waals surface area contributed by atoms with Crippen LogP contribution in [0.25, 0.3) is 5.57 Å². The van der Waals surface area contributed by atoms with E-state index in [1.165, 1.54) is 29.2 Å². The van der Waals surface area contributed by atoms with E-state index in [2.05, 4.69) is 0 Å². The molecule has 11 heteroatoms. The van der Waals surface area contributed by atoms with Gasteiger partial charge in [-0.1, -0.05) is 24.3 Å². The molecular weight excluding hydrogens is 494 g/mol. The van der Waals surface area contributed by atoms with Gasteiger partial charge in [-0.25, -0.2) is 9.59 Å². The lowest BCUT2D eigenvalue weighted by molar-refractivity contribution is -0.384. The monoisotopic (exact) mass is 519 g/mol. The van der Waals surface area contributed by atoms with Gasteiger partial charge in [0.15, 0.2) is 0 Å². The molecule has 1 N–H and O–H groups in total. The molecule has 196 valence electrons. The molecule has 0 aromatic heterocycles. The molecule has 0 amide bonds. The van der Waals surface area contributed by atoms with Crippen molar-refractivity contribution in [3.8, 4) is 11.8 Å². The Bertz CT molecular complexity index is 1370. The minimum absolute atomic E-state index is 0.0845. The van der Waals surface area contributed by atoms with Crippen molar-refractivity contribution >= 4 is 23.2 Å². The van der Waals surface area contributed by atoms with Crippen molar-refractivity contribution in [2.24, 2.45) is 0 Å². The molecule has 0 saturated carbocycles. The van der Waals surface area contributed by atoms with E-state index in [0.717, 1.165) is 25.7 Å². The van der Waals surface area contributed by atoms with E-state index < -0.39 is 22.9 Å². The number of nitriles is 1. The Balaban J connectivity index is 1.66. The second kappa shape index (κ2) is 11.1. The lowest BCUT2D eigenvalue weighted by Gasteiger charge is -2.37. The average Bonchev–Trinajstić information content (AvgIpc) is 3.73. The van der Waals surface area contributed by atoms with Crippen molar-refractivity contribution in [2.75, 3.05) is 26.9 Å². The third-order valence-corrected chi connectivity index (χ3v) is 6.39. The van der Waals surface area contributed by atoms with Gasteiger partial charge in [0.25, 0.3) is 5.69 Å².